The standard InChI is InChI=1S/C8H11FO2/c1-4-5-6-8(2,9)7(10)11-3/h6H2,1-3H3. The fraction of sp³-hybridized carbons (Fsp3) is 0.625. The van der Waals surface area contributed by atoms with Gasteiger partial charge in [-0.05, 0) is 13.8 Å². The average molecular weight is 158 g/mol. The lowest BCUT2D eigenvalue weighted by molar-refractivity contribution is -0.153. The first-order valence-corrected chi connectivity index (χ1v) is 3.21. The second-order valence-electron chi connectivity index (χ2n) is 2.29. The molecule has 62 valence electrons. The van der Waals surface area contributed by atoms with Gasteiger partial charge < -0.3 is 4.74 Å². The molecule has 1 atom stereocenters. The zero-order valence-corrected chi connectivity index (χ0v) is 6.90. The molecule has 0 rings (SSSR count). The maximum atomic E-state index is 13.1. The molecule has 0 amide bonds. The number of methoxy groups -OCH3 is 1. The highest BCUT2D eigenvalue weighted by Crippen LogP contribution is 2.15. The largest absolute Gasteiger partial charge is 0.467 e. The van der Waals surface area contributed by atoms with Gasteiger partial charge >= 0.3 is 5.97 Å². The van der Waals surface area contributed by atoms with Gasteiger partial charge in [0.05, 0.1) is 13.5 Å². The van der Waals surface area contributed by atoms with Gasteiger partial charge in [-0.2, -0.15) is 0 Å². The Balaban J connectivity index is 4.16. The van der Waals surface area contributed by atoms with Crippen LogP contribution in [0.4, 0.5) is 4.39 Å². The number of halogens is 1. The third-order valence-corrected chi connectivity index (χ3v) is 1.21. The number of carbonyl (C=O) groups excluding carboxylic acids is 1. The van der Waals surface area contributed by atoms with E-state index in [2.05, 4.69) is 16.6 Å². The highest BCUT2D eigenvalue weighted by molar-refractivity contribution is 5.79. The van der Waals surface area contributed by atoms with Gasteiger partial charge in [-0.3, -0.25) is 0 Å². The smallest absolute Gasteiger partial charge is 0.344 e. The number of hydrogen-bond acceptors (Lipinski definition) is 2. The van der Waals surface area contributed by atoms with Crippen LogP contribution in [-0.4, -0.2) is 18.7 Å². The molecule has 0 bridgehead atoms. The Morgan fingerprint density at radius 1 is 1.73 bits per heavy atom. The van der Waals surface area contributed by atoms with Crippen molar-refractivity contribution in [3.8, 4) is 11.8 Å². The van der Waals surface area contributed by atoms with E-state index in [-0.39, 0.29) is 6.42 Å². The second-order valence-corrected chi connectivity index (χ2v) is 2.29. The van der Waals surface area contributed by atoms with Crippen molar-refractivity contribution in [3.63, 3.8) is 0 Å². The molecule has 0 spiro atoms. The van der Waals surface area contributed by atoms with Crippen LogP contribution in [0.5, 0.6) is 0 Å². The summed E-state index contributed by atoms with van der Waals surface area (Å²) >= 11 is 0. The fourth-order valence-electron chi connectivity index (χ4n) is 0.539. The van der Waals surface area contributed by atoms with Crippen molar-refractivity contribution >= 4 is 5.97 Å². The zero-order chi connectivity index (χ0) is 8.91. The minimum absolute atomic E-state index is 0.115. The monoisotopic (exact) mass is 158 g/mol. The van der Waals surface area contributed by atoms with Crippen molar-refractivity contribution in [2.24, 2.45) is 0 Å². The first-order valence-electron chi connectivity index (χ1n) is 3.21. The molecule has 0 aliphatic carbocycles. The Morgan fingerprint density at radius 2 is 2.27 bits per heavy atom. The Labute approximate surface area is 65.7 Å². The molecular weight excluding hydrogens is 147 g/mol. The summed E-state index contributed by atoms with van der Waals surface area (Å²) in [5, 5.41) is 0. The van der Waals surface area contributed by atoms with Crippen LogP contribution >= 0.6 is 0 Å². The van der Waals surface area contributed by atoms with E-state index in [9.17, 15) is 9.18 Å². The third kappa shape index (κ3) is 3.03. The van der Waals surface area contributed by atoms with Crippen LogP contribution in [0, 0.1) is 11.8 Å². The third-order valence-electron chi connectivity index (χ3n) is 1.21. The first kappa shape index (κ1) is 9.96. The maximum Gasteiger partial charge on any atom is 0.344 e. The number of esters is 1. The van der Waals surface area contributed by atoms with Crippen molar-refractivity contribution in [1.82, 2.24) is 0 Å². The Kier molecular flexibility index (Phi) is 3.59. The topological polar surface area (TPSA) is 26.3 Å². The highest BCUT2D eigenvalue weighted by atomic mass is 19.1. The van der Waals surface area contributed by atoms with Crippen LogP contribution in [0.2, 0.25) is 0 Å². The van der Waals surface area contributed by atoms with Crippen molar-refractivity contribution in [3.05, 3.63) is 0 Å². The van der Waals surface area contributed by atoms with Gasteiger partial charge in [0.1, 0.15) is 0 Å². The predicted molar refractivity (Wildman–Crippen MR) is 39.6 cm³/mol. The van der Waals surface area contributed by atoms with Crippen LogP contribution in [0.25, 0.3) is 0 Å². The Bertz CT molecular complexity index is 198. The summed E-state index contributed by atoms with van der Waals surface area (Å²) in [6.07, 6.45) is -0.115. The van der Waals surface area contributed by atoms with Crippen LogP contribution in [0.1, 0.15) is 20.3 Å². The van der Waals surface area contributed by atoms with Crippen LogP contribution in [0.3, 0.4) is 0 Å². The molecular formula is C8H11FO2. The summed E-state index contributed by atoms with van der Waals surface area (Å²) in [6, 6.07) is 0. The zero-order valence-electron chi connectivity index (χ0n) is 6.90. The first-order chi connectivity index (χ1) is 5.04. The van der Waals surface area contributed by atoms with Crippen molar-refractivity contribution in [2.75, 3.05) is 7.11 Å². The van der Waals surface area contributed by atoms with E-state index < -0.39 is 11.6 Å². The molecule has 2 nitrogen and oxygen atoms in total. The minimum atomic E-state index is -1.97. The number of carbonyl (C=O) groups is 1. The summed E-state index contributed by atoms with van der Waals surface area (Å²) in [5.74, 6) is 4.11. The number of hydrogen-bond donors (Lipinski definition) is 0. The van der Waals surface area contributed by atoms with Gasteiger partial charge in [-0.1, -0.05) is 5.92 Å². The van der Waals surface area contributed by atoms with Crippen molar-refractivity contribution in [1.29, 1.82) is 0 Å². The Morgan fingerprint density at radius 3 is 2.64 bits per heavy atom. The van der Waals surface area contributed by atoms with E-state index >= 15 is 0 Å². The molecule has 0 aromatic heterocycles. The highest BCUT2D eigenvalue weighted by Gasteiger charge is 2.32. The van der Waals surface area contributed by atoms with Gasteiger partial charge in [-0.15, -0.1) is 5.92 Å². The molecule has 0 aromatic rings. The summed E-state index contributed by atoms with van der Waals surface area (Å²) in [7, 11) is 1.15. The lowest BCUT2D eigenvalue weighted by Gasteiger charge is -2.13. The number of rotatable bonds is 2. The molecule has 0 aliphatic rings. The second kappa shape index (κ2) is 3.97. The minimum Gasteiger partial charge on any atom is -0.467 e. The molecule has 11 heavy (non-hydrogen) atoms. The summed E-state index contributed by atoms with van der Waals surface area (Å²) < 4.78 is 17.3. The van der Waals surface area contributed by atoms with Crippen LogP contribution < -0.4 is 0 Å². The maximum absolute atomic E-state index is 13.1. The van der Waals surface area contributed by atoms with Crippen LogP contribution in [-0.2, 0) is 9.53 Å². The van der Waals surface area contributed by atoms with Crippen LogP contribution in [0.15, 0.2) is 0 Å². The molecule has 0 fully saturated rings. The normalized spacial score (nSPS) is 14.2. The van der Waals surface area contributed by atoms with Crippen molar-refractivity contribution < 1.29 is 13.9 Å². The summed E-state index contributed by atoms with van der Waals surface area (Å²) in [6.45, 7) is 2.75. The van der Waals surface area contributed by atoms with E-state index in [0.717, 1.165) is 14.0 Å². The fourth-order valence-corrected chi connectivity index (χ4v) is 0.539. The molecule has 0 aliphatic heterocycles. The molecule has 0 radical (unpaired) electrons. The predicted octanol–water partition coefficient (Wildman–Crippen LogP) is 1.30. The van der Waals surface area contributed by atoms with Gasteiger partial charge in [0, 0.05) is 0 Å². The number of alkyl halides is 1. The molecule has 0 heterocycles. The van der Waals surface area contributed by atoms with Gasteiger partial charge in [0.25, 0.3) is 0 Å². The molecule has 0 aromatic carbocycles. The van der Waals surface area contributed by atoms with Gasteiger partial charge in [0.2, 0.25) is 5.67 Å². The summed E-state index contributed by atoms with van der Waals surface area (Å²) in [5.41, 5.74) is -1.97. The average Bonchev–Trinajstić information content (AvgIpc) is 1.99. The lowest BCUT2D eigenvalue weighted by Crippen LogP contribution is -2.30. The van der Waals surface area contributed by atoms with E-state index in [1.807, 2.05) is 0 Å². The van der Waals surface area contributed by atoms with Gasteiger partial charge in [0.15, 0.2) is 0 Å². The number of ether oxygens (including phenoxy) is 1. The van der Waals surface area contributed by atoms with Crippen molar-refractivity contribution in [2.45, 2.75) is 25.9 Å². The summed E-state index contributed by atoms with van der Waals surface area (Å²) in [4.78, 5) is 10.7. The van der Waals surface area contributed by atoms with Gasteiger partial charge in [-0.25, -0.2) is 9.18 Å². The van der Waals surface area contributed by atoms with E-state index in [4.69, 9.17) is 0 Å². The van der Waals surface area contributed by atoms with E-state index in [0.29, 0.717) is 0 Å². The molecule has 0 N–H and O–H groups in total. The molecule has 0 saturated heterocycles. The molecule has 1 unspecified atom stereocenters. The SMILES string of the molecule is CC#CCC(C)(F)C(=O)OC. The molecule has 0 saturated carbocycles. The Hall–Kier alpha value is -1.04. The van der Waals surface area contributed by atoms with E-state index in [1.54, 1.807) is 6.92 Å². The van der Waals surface area contributed by atoms with E-state index in [1.165, 1.54) is 0 Å². The quantitative estimate of drug-likeness (QED) is 0.447. The molecule has 3 heteroatoms. The lowest BCUT2D eigenvalue weighted by atomic mass is 10.1.